The van der Waals surface area contributed by atoms with Gasteiger partial charge in [0.25, 0.3) is 0 Å². The van der Waals surface area contributed by atoms with Crippen LogP contribution in [0.5, 0.6) is 0 Å². The number of hydrogen-bond acceptors (Lipinski definition) is 2. The van der Waals surface area contributed by atoms with Crippen molar-refractivity contribution in [1.29, 1.82) is 0 Å². The number of benzene rings is 1. The molecule has 0 radical (unpaired) electrons. The van der Waals surface area contributed by atoms with Crippen LogP contribution in [0.15, 0.2) is 30.3 Å². The molecule has 2 unspecified atom stereocenters. The highest BCUT2D eigenvalue weighted by Gasteiger charge is 2.22. The second-order valence-corrected chi connectivity index (χ2v) is 5.19. The van der Waals surface area contributed by atoms with E-state index in [4.69, 9.17) is 0 Å². The zero-order chi connectivity index (χ0) is 12.1. The summed E-state index contributed by atoms with van der Waals surface area (Å²) < 4.78 is 0. The molecule has 0 bridgehead atoms. The van der Waals surface area contributed by atoms with Gasteiger partial charge in [-0.1, -0.05) is 30.3 Å². The van der Waals surface area contributed by atoms with Crippen molar-refractivity contribution in [2.75, 3.05) is 19.6 Å². The van der Waals surface area contributed by atoms with E-state index in [1.54, 1.807) is 0 Å². The van der Waals surface area contributed by atoms with Gasteiger partial charge < -0.3 is 10.0 Å². The fourth-order valence-electron chi connectivity index (χ4n) is 2.64. The minimum Gasteiger partial charge on any atom is -0.393 e. The molecule has 0 saturated carbocycles. The summed E-state index contributed by atoms with van der Waals surface area (Å²) in [4.78, 5) is 2.53. The Balaban J connectivity index is 1.76. The first kappa shape index (κ1) is 12.6. The molecule has 0 aromatic heterocycles. The van der Waals surface area contributed by atoms with Crippen molar-refractivity contribution in [3.8, 4) is 0 Å². The van der Waals surface area contributed by atoms with Gasteiger partial charge in [-0.05, 0) is 50.8 Å². The predicted octanol–water partition coefficient (Wildman–Crippen LogP) is 2.64. The van der Waals surface area contributed by atoms with Gasteiger partial charge in [0.2, 0.25) is 0 Å². The number of aliphatic hydroxyl groups excluding tert-OH is 1. The maximum atomic E-state index is 9.24. The molecule has 1 fully saturated rings. The minimum absolute atomic E-state index is 0.150. The Kier molecular flexibility index (Phi) is 4.57. The number of likely N-dealkylation sites (tertiary alicyclic amines) is 1. The molecule has 1 heterocycles. The SMILES string of the molecule is CC(O)CCCN1CCC(c2ccccc2)C1. The summed E-state index contributed by atoms with van der Waals surface area (Å²) in [6, 6.07) is 10.8. The molecule has 1 aliphatic heterocycles. The summed E-state index contributed by atoms with van der Waals surface area (Å²) >= 11 is 0. The molecule has 1 saturated heterocycles. The van der Waals surface area contributed by atoms with Crippen molar-refractivity contribution in [2.24, 2.45) is 0 Å². The van der Waals surface area contributed by atoms with Crippen LogP contribution in [-0.2, 0) is 0 Å². The van der Waals surface area contributed by atoms with Crippen LogP contribution in [0.2, 0.25) is 0 Å². The lowest BCUT2D eigenvalue weighted by molar-refractivity contribution is 0.174. The molecular formula is C15H23NO. The van der Waals surface area contributed by atoms with Crippen LogP contribution in [0, 0.1) is 0 Å². The molecule has 17 heavy (non-hydrogen) atoms. The summed E-state index contributed by atoms with van der Waals surface area (Å²) in [7, 11) is 0. The number of nitrogens with zero attached hydrogens (tertiary/aromatic N) is 1. The van der Waals surface area contributed by atoms with Crippen LogP contribution >= 0.6 is 0 Å². The van der Waals surface area contributed by atoms with Gasteiger partial charge in [-0.2, -0.15) is 0 Å². The third-order valence-electron chi connectivity index (χ3n) is 3.64. The van der Waals surface area contributed by atoms with Gasteiger partial charge in [-0.3, -0.25) is 0 Å². The van der Waals surface area contributed by atoms with Gasteiger partial charge >= 0.3 is 0 Å². The van der Waals surface area contributed by atoms with E-state index >= 15 is 0 Å². The minimum atomic E-state index is -0.150. The first-order valence-corrected chi connectivity index (χ1v) is 6.71. The molecule has 2 atom stereocenters. The van der Waals surface area contributed by atoms with E-state index in [2.05, 4.69) is 35.2 Å². The van der Waals surface area contributed by atoms with Crippen molar-refractivity contribution in [3.05, 3.63) is 35.9 Å². The van der Waals surface area contributed by atoms with Crippen molar-refractivity contribution in [2.45, 2.75) is 38.2 Å². The molecule has 94 valence electrons. The van der Waals surface area contributed by atoms with Crippen molar-refractivity contribution >= 4 is 0 Å². The Morgan fingerprint density at radius 2 is 2.12 bits per heavy atom. The number of aliphatic hydroxyl groups is 1. The average molecular weight is 233 g/mol. The standard InChI is InChI=1S/C15H23NO/c1-13(17)6-5-10-16-11-9-15(12-16)14-7-3-2-4-8-14/h2-4,7-8,13,15,17H,5-6,9-12H2,1H3. The van der Waals surface area contributed by atoms with Crippen LogP contribution in [0.25, 0.3) is 0 Å². The van der Waals surface area contributed by atoms with Gasteiger partial charge in [0, 0.05) is 6.54 Å². The zero-order valence-corrected chi connectivity index (χ0v) is 10.7. The molecule has 2 heteroatoms. The second-order valence-electron chi connectivity index (χ2n) is 5.19. The maximum absolute atomic E-state index is 9.24. The highest BCUT2D eigenvalue weighted by molar-refractivity contribution is 5.20. The second kappa shape index (κ2) is 6.18. The van der Waals surface area contributed by atoms with Gasteiger partial charge in [0.1, 0.15) is 0 Å². The number of rotatable bonds is 5. The van der Waals surface area contributed by atoms with E-state index in [1.807, 2.05) is 6.92 Å². The Morgan fingerprint density at radius 3 is 2.82 bits per heavy atom. The molecular weight excluding hydrogens is 210 g/mol. The first-order chi connectivity index (χ1) is 8.25. The fourth-order valence-corrected chi connectivity index (χ4v) is 2.64. The molecule has 1 aromatic carbocycles. The monoisotopic (exact) mass is 233 g/mol. The van der Waals surface area contributed by atoms with Crippen molar-refractivity contribution < 1.29 is 5.11 Å². The summed E-state index contributed by atoms with van der Waals surface area (Å²) in [5, 5.41) is 9.24. The molecule has 2 rings (SSSR count). The lowest BCUT2D eigenvalue weighted by Gasteiger charge is -2.16. The van der Waals surface area contributed by atoms with E-state index in [-0.39, 0.29) is 6.10 Å². The van der Waals surface area contributed by atoms with E-state index < -0.39 is 0 Å². The molecule has 0 amide bonds. The topological polar surface area (TPSA) is 23.5 Å². The van der Waals surface area contributed by atoms with Crippen molar-refractivity contribution in [1.82, 2.24) is 4.90 Å². The summed E-state index contributed by atoms with van der Waals surface area (Å²) in [5.74, 6) is 0.711. The molecule has 0 spiro atoms. The highest BCUT2D eigenvalue weighted by atomic mass is 16.3. The van der Waals surface area contributed by atoms with E-state index in [0.29, 0.717) is 5.92 Å². The van der Waals surface area contributed by atoms with Crippen LogP contribution < -0.4 is 0 Å². The van der Waals surface area contributed by atoms with E-state index in [0.717, 1.165) is 19.4 Å². The Bertz CT molecular complexity index is 323. The zero-order valence-electron chi connectivity index (χ0n) is 10.7. The smallest absolute Gasteiger partial charge is 0.0512 e. The lowest BCUT2D eigenvalue weighted by Crippen LogP contribution is -2.22. The van der Waals surface area contributed by atoms with Gasteiger partial charge in [0.15, 0.2) is 0 Å². The Labute approximate surface area is 104 Å². The molecule has 1 aliphatic rings. The van der Waals surface area contributed by atoms with Crippen LogP contribution in [-0.4, -0.2) is 35.7 Å². The van der Waals surface area contributed by atoms with Crippen LogP contribution in [0.3, 0.4) is 0 Å². The average Bonchev–Trinajstić information content (AvgIpc) is 2.78. The highest BCUT2D eigenvalue weighted by Crippen LogP contribution is 2.26. The van der Waals surface area contributed by atoms with Gasteiger partial charge in [-0.25, -0.2) is 0 Å². The molecule has 2 nitrogen and oxygen atoms in total. The van der Waals surface area contributed by atoms with Gasteiger partial charge in [0.05, 0.1) is 6.10 Å². The Hall–Kier alpha value is -0.860. The van der Waals surface area contributed by atoms with E-state index in [9.17, 15) is 5.11 Å². The first-order valence-electron chi connectivity index (χ1n) is 6.71. The molecule has 1 N–H and O–H groups in total. The fraction of sp³-hybridized carbons (Fsp3) is 0.600. The third kappa shape index (κ3) is 3.83. The van der Waals surface area contributed by atoms with E-state index in [1.165, 1.54) is 25.1 Å². The quantitative estimate of drug-likeness (QED) is 0.845. The van der Waals surface area contributed by atoms with Crippen molar-refractivity contribution in [3.63, 3.8) is 0 Å². The third-order valence-corrected chi connectivity index (χ3v) is 3.64. The molecule has 0 aliphatic carbocycles. The maximum Gasteiger partial charge on any atom is 0.0512 e. The summed E-state index contributed by atoms with van der Waals surface area (Å²) in [6.45, 7) is 5.40. The predicted molar refractivity (Wildman–Crippen MR) is 71.2 cm³/mol. The number of hydrogen-bond donors (Lipinski definition) is 1. The summed E-state index contributed by atoms with van der Waals surface area (Å²) in [6.07, 6.45) is 3.16. The Morgan fingerprint density at radius 1 is 1.35 bits per heavy atom. The molecule has 1 aromatic rings. The van der Waals surface area contributed by atoms with Crippen LogP contribution in [0.1, 0.15) is 37.7 Å². The normalized spacial score (nSPS) is 22.8. The lowest BCUT2D eigenvalue weighted by atomic mass is 9.99. The van der Waals surface area contributed by atoms with Crippen LogP contribution in [0.4, 0.5) is 0 Å². The van der Waals surface area contributed by atoms with Gasteiger partial charge in [-0.15, -0.1) is 0 Å². The summed E-state index contributed by atoms with van der Waals surface area (Å²) in [5.41, 5.74) is 1.48. The largest absolute Gasteiger partial charge is 0.393 e.